The Morgan fingerprint density at radius 2 is 1.54 bits per heavy atom. The molecule has 0 saturated carbocycles. The highest BCUT2D eigenvalue weighted by molar-refractivity contribution is 6.62. The highest BCUT2D eigenvalue weighted by Gasteiger charge is 2.51. The molecule has 3 nitrogen and oxygen atoms in total. The smallest absolute Gasteiger partial charge is 0.489 e. The van der Waals surface area contributed by atoms with Gasteiger partial charge in [0.05, 0.1) is 11.2 Å². The van der Waals surface area contributed by atoms with Gasteiger partial charge in [0.2, 0.25) is 0 Å². The molecule has 1 aliphatic rings. The van der Waals surface area contributed by atoms with Crippen LogP contribution in [0.3, 0.4) is 0 Å². The Morgan fingerprint density at radius 1 is 0.917 bits per heavy atom. The second-order valence-electron chi connectivity index (χ2n) is 7.44. The summed E-state index contributed by atoms with van der Waals surface area (Å²) >= 11 is 0. The number of benzene rings is 2. The molecule has 126 valence electrons. The van der Waals surface area contributed by atoms with E-state index in [-0.39, 0.29) is 18.3 Å². The van der Waals surface area contributed by atoms with Gasteiger partial charge in [-0.25, -0.2) is 0 Å². The zero-order valence-electron chi connectivity index (χ0n) is 15.1. The van der Waals surface area contributed by atoms with E-state index < -0.39 is 0 Å². The van der Waals surface area contributed by atoms with Gasteiger partial charge in [-0.1, -0.05) is 36.4 Å². The van der Waals surface area contributed by atoms with Crippen molar-refractivity contribution in [2.24, 2.45) is 0 Å². The van der Waals surface area contributed by atoms with E-state index in [9.17, 15) is 0 Å². The van der Waals surface area contributed by atoms with Crippen LogP contribution in [0, 0.1) is 6.92 Å². The van der Waals surface area contributed by atoms with Gasteiger partial charge >= 0.3 is 7.12 Å². The van der Waals surface area contributed by atoms with Gasteiger partial charge in [0.15, 0.2) is 0 Å². The molecule has 0 atom stereocenters. The summed E-state index contributed by atoms with van der Waals surface area (Å²) in [6, 6.07) is 16.3. The molecule has 1 fully saturated rings. The van der Waals surface area contributed by atoms with Crippen LogP contribution >= 0.6 is 0 Å². The summed E-state index contributed by atoms with van der Waals surface area (Å²) < 4.78 is 18.3. The fraction of sp³-hybridized carbons (Fsp3) is 0.400. The van der Waals surface area contributed by atoms with E-state index in [0.29, 0.717) is 6.61 Å². The van der Waals surface area contributed by atoms with E-state index in [2.05, 4.69) is 52.8 Å². The fourth-order valence-corrected chi connectivity index (χ4v) is 2.72. The molecule has 0 amide bonds. The molecular formula is C20H25BO3. The SMILES string of the molecule is Cc1cc(OCc2ccccc2)cc(B2OC(C)(C)C(C)(C)O2)c1. The molecule has 2 aromatic rings. The second-order valence-corrected chi connectivity index (χ2v) is 7.44. The maximum atomic E-state index is 6.15. The Bertz CT molecular complexity index is 694. The molecular weight excluding hydrogens is 299 g/mol. The Morgan fingerprint density at radius 3 is 2.17 bits per heavy atom. The molecule has 0 spiro atoms. The first-order valence-electron chi connectivity index (χ1n) is 8.41. The van der Waals surface area contributed by atoms with Crippen molar-refractivity contribution < 1.29 is 14.0 Å². The molecule has 0 aromatic heterocycles. The lowest BCUT2D eigenvalue weighted by Gasteiger charge is -2.32. The van der Waals surface area contributed by atoms with Crippen molar-refractivity contribution in [3.63, 3.8) is 0 Å². The third-order valence-electron chi connectivity index (χ3n) is 4.85. The summed E-state index contributed by atoms with van der Waals surface area (Å²) in [6.45, 7) is 10.9. The van der Waals surface area contributed by atoms with Crippen molar-refractivity contribution in [3.8, 4) is 5.75 Å². The lowest BCUT2D eigenvalue weighted by molar-refractivity contribution is 0.00578. The number of hydrogen-bond acceptors (Lipinski definition) is 3. The first-order valence-corrected chi connectivity index (χ1v) is 8.41. The van der Waals surface area contributed by atoms with Gasteiger partial charge in [0.25, 0.3) is 0 Å². The predicted octanol–water partition coefficient (Wildman–Crippen LogP) is 3.87. The van der Waals surface area contributed by atoms with Crippen LogP contribution in [-0.2, 0) is 15.9 Å². The summed E-state index contributed by atoms with van der Waals surface area (Å²) in [4.78, 5) is 0. The fourth-order valence-electron chi connectivity index (χ4n) is 2.72. The van der Waals surface area contributed by atoms with Crippen LogP contribution in [0.5, 0.6) is 5.75 Å². The lowest BCUT2D eigenvalue weighted by atomic mass is 9.78. The monoisotopic (exact) mass is 324 g/mol. The summed E-state index contributed by atoms with van der Waals surface area (Å²) in [5.74, 6) is 0.837. The number of hydrogen-bond donors (Lipinski definition) is 0. The van der Waals surface area contributed by atoms with Crippen molar-refractivity contribution in [2.45, 2.75) is 52.4 Å². The normalized spacial score (nSPS) is 18.6. The van der Waals surface area contributed by atoms with Gasteiger partial charge in [0, 0.05) is 0 Å². The van der Waals surface area contributed by atoms with E-state index >= 15 is 0 Å². The average molecular weight is 324 g/mol. The molecule has 24 heavy (non-hydrogen) atoms. The van der Waals surface area contributed by atoms with Gasteiger partial charge in [-0.3, -0.25) is 0 Å². The van der Waals surface area contributed by atoms with Crippen molar-refractivity contribution in [1.29, 1.82) is 0 Å². The maximum absolute atomic E-state index is 6.15. The van der Waals surface area contributed by atoms with Crippen LogP contribution in [0.2, 0.25) is 0 Å². The molecule has 4 heteroatoms. The van der Waals surface area contributed by atoms with Crippen LogP contribution in [0.1, 0.15) is 38.8 Å². The van der Waals surface area contributed by atoms with Crippen LogP contribution in [-0.4, -0.2) is 18.3 Å². The minimum absolute atomic E-state index is 0.341. The zero-order valence-corrected chi connectivity index (χ0v) is 15.1. The molecule has 1 aliphatic heterocycles. The largest absolute Gasteiger partial charge is 0.494 e. The third kappa shape index (κ3) is 3.50. The van der Waals surface area contributed by atoms with Crippen LogP contribution in [0.4, 0.5) is 0 Å². The maximum Gasteiger partial charge on any atom is 0.494 e. The Balaban J connectivity index is 1.77. The van der Waals surface area contributed by atoms with Gasteiger partial charge < -0.3 is 14.0 Å². The van der Waals surface area contributed by atoms with Crippen LogP contribution in [0.15, 0.2) is 48.5 Å². The highest BCUT2D eigenvalue weighted by Crippen LogP contribution is 2.36. The van der Waals surface area contributed by atoms with Gasteiger partial charge in [0.1, 0.15) is 12.4 Å². The Labute approximate surface area is 145 Å². The number of ether oxygens (including phenoxy) is 1. The summed E-state index contributed by atoms with van der Waals surface area (Å²) in [5, 5.41) is 0. The summed E-state index contributed by atoms with van der Waals surface area (Å²) in [6.07, 6.45) is 0. The highest BCUT2D eigenvalue weighted by atomic mass is 16.7. The van der Waals surface area contributed by atoms with E-state index in [1.54, 1.807) is 0 Å². The van der Waals surface area contributed by atoms with E-state index in [4.69, 9.17) is 14.0 Å². The summed E-state index contributed by atoms with van der Waals surface area (Å²) in [7, 11) is -0.367. The zero-order chi connectivity index (χ0) is 17.4. The molecule has 1 saturated heterocycles. The van der Waals surface area contributed by atoms with Crippen molar-refractivity contribution in [2.75, 3.05) is 0 Å². The van der Waals surface area contributed by atoms with E-state index in [1.807, 2.05) is 30.3 Å². The lowest BCUT2D eigenvalue weighted by Crippen LogP contribution is -2.41. The topological polar surface area (TPSA) is 27.7 Å². The Hall–Kier alpha value is -1.78. The van der Waals surface area contributed by atoms with Crippen molar-refractivity contribution in [1.82, 2.24) is 0 Å². The molecule has 0 bridgehead atoms. The summed E-state index contributed by atoms with van der Waals surface area (Å²) in [5.41, 5.74) is 2.59. The van der Waals surface area contributed by atoms with Gasteiger partial charge in [-0.05, 0) is 63.3 Å². The van der Waals surface area contributed by atoms with Crippen molar-refractivity contribution >= 4 is 12.6 Å². The quantitative estimate of drug-likeness (QED) is 0.799. The Kier molecular flexibility index (Phi) is 4.45. The molecule has 1 heterocycles. The standard InChI is InChI=1S/C20H25BO3/c1-15-11-17(21-23-19(2,3)20(4,5)24-21)13-18(12-15)22-14-16-9-7-6-8-10-16/h6-13H,14H2,1-5H3. The predicted molar refractivity (Wildman–Crippen MR) is 97.7 cm³/mol. The third-order valence-corrected chi connectivity index (χ3v) is 4.85. The molecule has 0 unspecified atom stereocenters. The van der Waals surface area contributed by atoms with Crippen LogP contribution in [0.25, 0.3) is 0 Å². The van der Waals surface area contributed by atoms with Crippen molar-refractivity contribution in [3.05, 3.63) is 59.7 Å². The first-order chi connectivity index (χ1) is 11.3. The number of aryl methyl sites for hydroxylation is 1. The molecule has 0 N–H and O–H groups in total. The molecule has 3 rings (SSSR count). The van der Waals surface area contributed by atoms with Crippen LogP contribution < -0.4 is 10.2 Å². The molecule has 0 aliphatic carbocycles. The molecule has 2 aromatic carbocycles. The number of rotatable bonds is 4. The molecule has 0 radical (unpaired) electrons. The van der Waals surface area contributed by atoms with Gasteiger partial charge in [-0.15, -0.1) is 0 Å². The average Bonchev–Trinajstić information content (AvgIpc) is 2.74. The van der Waals surface area contributed by atoms with Gasteiger partial charge in [-0.2, -0.15) is 0 Å². The van der Waals surface area contributed by atoms with E-state index in [0.717, 1.165) is 22.3 Å². The minimum Gasteiger partial charge on any atom is -0.489 e. The van der Waals surface area contributed by atoms with E-state index in [1.165, 1.54) is 0 Å². The minimum atomic E-state index is -0.367. The first kappa shape index (κ1) is 17.1. The second kappa shape index (κ2) is 6.27.